The Morgan fingerprint density at radius 1 is 1.09 bits per heavy atom. The van der Waals surface area contributed by atoms with Gasteiger partial charge in [0, 0.05) is 12.0 Å². The lowest BCUT2D eigenvalue weighted by atomic mass is 9.46. The van der Waals surface area contributed by atoms with Crippen LogP contribution in [-0.2, 0) is 4.74 Å². The number of hydrogen-bond donors (Lipinski definition) is 2. The molecule has 4 heteroatoms. The first-order valence-corrected chi connectivity index (χ1v) is 9.57. The normalized spacial score (nSPS) is 60.4. The topological polar surface area (TPSA) is 41.5 Å². The second-order valence-corrected chi connectivity index (χ2v) is 9.56. The second kappa shape index (κ2) is 5.33. The van der Waals surface area contributed by atoms with Gasteiger partial charge >= 0.3 is 0 Å². The van der Waals surface area contributed by atoms with Crippen molar-refractivity contribution in [1.82, 2.24) is 5.32 Å². The highest BCUT2D eigenvalue weighted by Crippen LogP contribution is 2.66. The van der Waals surface area contributed by atoms with E-state index in [9.17, 15) is 5.11 Å². The maximum atomic E-state index is 10.3. The Kier molecular flexibility index (Phi) is 3.85. The van der Waals surface area contributed by atoms with Gasteiger partial charge in [-0.15, -0.1) is 12.4 Å². The van der Waals surface area contributed by atoms with E-state index in [1.807, 2.05) is 0 Å². The molecule has 0 aromatic rings. The number of fused-ring (bicyclic) bond motifs is 8. The summed E-state index contributed by atoms with van der Waals surface area (Å²) in [5, 5.41) is 13.9. The Morgan fingerprint density at radius 3 is 2.74 bits per heavy atom. The van der Waals surface area contributed by atoms with Crippen molar-refractivity contribution in [3.05, 3.63) is 0 Å². The van der Waals surface area contributed by atoms with Crippen LogP contribution >= 0.6 is 12.4 Å². The van der Waals surface area contributed by atoms with Crippen molar-refractivity contribution >= 4 is 12.4 Å². The molecule has 3 saturated carbocycles. The zero-order chi connectivity index (χ0) is 15.1. The number of rotatable bonds is 0. The molecule has 23 heavy (non-hydrogen) atoms. The molecule has 2 aliphatic heterocycles. The minimum Gasteiger partial charge on any atom is -0.393 e. The third-order valence-corrected chi connectivity index (χ3v) is 8.76. The van der Waals surface area contributed by atoms with Gasteiger partial charge in [0.15, 0.2) is 0 Å². The summed E-state index contributed by atoms with van der Waals surface area (Å²) in [6.07, 6.45) is 9.52. The molecule has 2 bridgehead atoms. The molecule has 5 aliphatic rings. The number of aliphatic hydroxyl groups is 1. The van der Waals surface area contributed by atoms with Gasteiger partial charge in [-0.05, 0) is 74.0 Å². The number of halogens is 1. The van der Waals surface area contributed by atoms with Crippen molar-refractivity contribution in [3.63, 3.8) is 0 Å². The van der Waals surface area contributed by atoms with Crippen molar-refractivity contribution in [3.8, 4) is 0 Å². The molecule has 2 N–H and O–H groups in total. The van der Waals surface area contributed by atoms with Crippen molar-refractivity contribution < 1.29 is 9.84 Å². The van der Waals surface area contributed by atoms with E-state index in [0.717, 1.165) is 43.1 Å². The van der Waals surface area contributed by atoms with Gasteiger partial charge in [-0.2, -0.15) is 0 Å². The summed E-state index contributed by atoms with van der Waals surface area (Å²) in [6, 6.07) is 0. The summed E-state index contributed by atoms with van der Waals surface area (Å²) in [4.78, 5) is 0. The Hall–Kier alpha value is 0.170. The summed E-state index contributed by atoms with van der Waals surface area (Å²) in [5.74, 6) is 3.26. The van der Waals surface area contributed by atoms with Crippen LogP contribution in [0.3, 0.4) is 0 Å². The Balaban J connectivity index is 0.00000135. The van der Waals surface area contributed by atoms with Crippen LogP contribution < -0.4 is 5.32 Å². The first kappa shape index (κ1) is 16.6. The van der Waals surface area contributed by atoms with Crippen LogP contribution in [0.5, 0.6) is 0 Å². The van der Waals surface area contributed by atoms with Crippen LogP contribution in [0.1, 0.15) is 58.8 Å². The summed E-state index contributed by atoms with van der Waals surface area (Å²) in [7, 11) is 0. The van der Waals surface area contributed by atoms with Gasteiger partial charge in [-0.25, -0.2) is 0 Å². The summed E-state index contributed by atoms with van der Waals surface area (Å²) >= 11 is 0. The zero-order valence-electron chi connectivity index (χ0n) is 14.5. The molecule has 3 aliphatic carbocycles. The highest BCUT2D eigenvalue weighted by atomic mass is 35.5. The van der Waals surface area contributed by atoms with Crippen LogP contribution in [0.15, 0.2) is 0 Å². The van der Waals surface area contributed by atoms with E-state index in [-0.39, 0.29) is 18.5 Å². The van der Waals surface area contributed by atoms with Gasteiger partial charge in [0.25, 0.3) is 0 Å². The number of hydrogen-bond acceptors (Lipinski definition) is 3. The van der Waals surface area contributed by atoms with Gasteiger partial charge in [-0.1, -0.05) is 13.8 Å². The van der Waals surface area contributed by atoms with Gasteiger partial charge in [0.1, 0.15) is 6.23 Å². The van der Waals surface area contributed by atoms with Crippen LogP contribution in [-0.4, -0.2) is 30.1 Å². The van der Waals surface area contributed by atoms with Crippen molar-refractivity contribution in [2.45, 2.75) is 77.2 Å². The molecule has 0 unspecified atom stereocenters. The average Bonchev–Trinajstić information content (AvgIpc) is 3.02. The molecule has 5 fully saturated rings. The zero-order valence-corrected chi connectivity index (χ0v) is 15.3. The molecule has 5 rings (SSSR count). The van der Waals surface area contributed by atoms with Crippen LogP contribution in [0, 0.1) is 34.5 Å². The Morgan fingerprint density at radius 2 is 1.91 bits per heavy atom. The predicted octanol–water partition coefficient (Wildman–Crippen LogP) is 3.35. The number of aliphatic hydroxyl groups excluding tert-OH is 1. The monoisotopic (exact) mass is 341 g/mol. The predicted molar refractivity (Wildman–Crippen MR) is 92.4 cm³/mol. The molecule has 0 spiro atoms. The highest BCUT2D eigenvalue weighted by Gasteiger charge is 2.63. The van der Waals surface area contributed by atoms with Gasteiger partial charge < -0.3 is 9.84 Å². The minimum absolute atomic E-state index is 0. The molecule has 0 radical (unpaired) electrons. The summed E-state index contributed by atoms with van der Waals surface area (Å²) in [6.45, 7) is 6.07. The van der Waals surface area contributed by atoms with E-state index in [2.05, 4.69) is 19.2 Å². The van der Waals surface area contributed by atoms with E-state index in [1.165, 1.54) is 32.1 Å². The van der Waals surface area contributed by atoms with Crippen LogP contribution in [0.2, 0.25) is 0 Å². The third kappa shape index (κ3) is 2.12. The lowest BCUT2D eigenvalue weighted by Crippen LogP contribution is -2.58. The molecule has 2 saturated heterocycles. The Labute approximate surface area is 146 Å². The smallest absolute Gasteiger partial charge is 0.108 e. The van der Waals surface area contributed by atoms with Crippen LogP contribution in [0.25, 0.3) is 0 Å². The highest BCUT2D eigenvalue weighted by molar-refractivity contribution is 5.85. The fourth-order valence-corrected chi connectivity index (χ4v) is 7.66. The molecular formula is C19H32ClNO2. The van der Waals surface area contributed by atoms with Gasteiger partial charge in [0.05, 0.1) is 12.2 Å². The van der Waals surface area contributed by atoms with E-state index in [1.54, 1.807) is 0 Å². The number of ether oxygens (including phenoxy) is 1. The molecule has 132 valence electrons. The van der Waals surface area contributed by atoms with E-state index in [4.69, 9.17) is 4.74 Å². The van der Waals surface area contributed by atoms with Gasteiger partial charge in [-0.3, -0.25) is 5.32 Å². The molecule has 3 nitrogen and oxygen atoms in total. The molecule has 0 aromatic heterocycles. The fourth-order valence-electron chi connectivity index (χ4n) is 7.66. The van der Waals surface area contributed by atoms with Crippen molar-refractivity contribution in [1.29, 1.82) is 0 Å². The summed E-state index contributed by atoms with van der Waals surface area (Å²) in [5.41, 5.74) is 0.785. The van der Waals surface area contributed by atoms with Crippen molar-refractivity contribution in [2.24, 2.45) is 34.5 Å². The third-order valence-electron chi connectivity index (χ3n) is 8.76. The molecule has 9 atom stereocenters. The average molecular weight is 342 g/mol. The van der Waals surface area contributed by atoms with Crippen molar-refractivity contribution in [2.75, 3.05) is 6.54 Å². The molecule has 0 amide bonds. The first-order chi connectivity index (χ1) is 10.5. The van der Waals surface area contributed by atoms with Crippen LogP contribution in [0.4, 0.5) is 0 Å². The van der Waals surface area contributed by atoms with Gasteiger partial charge in [0.2, 0.25) is 0 Å². The van der Waals surface area contributed by atoms with E-state index < -0.39 is 0 Å². The maximum absolute atomic E-state index is 10.3. The van der Waals surface area contributed by atoms with E-state index in [0.29, 0.717) is 23.2 Å². The molecular weight excluding hydrogens is 310 g/mol. The largest absolute Gasteiger partial charge is 0.393 e. The molecule has 0 aromatic carbocycles. The standard InChI is InChI=1S/C19H31NO2.ClH/c1-18-6-5-14-13(15(18)8-12(21)9-18)4-3-11-7-17-20-10-16(22-17)19(11,14)2;/h11-17,20-21H,3-10H2,1-2H3;1H/t11-,12+,13-,14+,15+,16+,17+,18-,19+;/m1./s1. The summed E-state index contributed by atoms with van der Waals surface area (Å²) < 4.78 is 6.32. The lowest BCUT2D eigenvalue weighted by Gasteiger charge is -2.61. The quantitative estimate of drug-likeness (QED) is 0.710. The lowest BCUT2D eigenvalue weighted by molar-refractivity contribution is -0.190. The maximum Gasteiger partial charge on any atom is 0.108 e. The van der Waals surface area contributed by atoms with E-state index >= 15 is 0 Å². The minimum atomic E-state index is -0.0422. The molecule has 2 heterocycles. The fraction of sp³-hybridized carbons (Fsp3) is 1.00. The second-order valence-electron chi connectivity index (χ2n) is 9.56. The first-order valence-electron chi connectivity index (χ1n) is 9.57. The number of nitrogens with one attached hydrogen (secondary N) is 1. The Bertz CT molecular complexity index is 488. The SMILES string of the molecule is C[C@]12CC[C@H]3[C@@H](CC[C@@H]4C[C@H]5NC[C@H](O5)[C@@]43C)[C@@H]1C[C@H](O)C2.Cl.